The molecule has 2 N–H and O–H groups in total. The first kappa shape index (κ1) is 16.5. The van der Waals surface area contributed by atoms with Crippen molar-refractivity contribution >= 4 is 33.5 Å². The third kappa shape index (κ3) is 2.38. The van der Waals surface area contributed by atoms with Gasteiger partial charge in [-0.1, -0.05) is 18.2 Å². The Balaban J connectivity index is 2.19. The van der Waals surface area contributed by atoms with Gasteiger partial charge in [0.2, 0.25) is 0 Å². The van der Waals surface area contributed by atoms with Crippen molar-refractivity contribution in [2.45, 2.75) is 0 Å². The van der Waals surface area contributed by atoms with E-state index in [1.807, 2.05) is 35.9 Å². The maximum atomic E-state index is 13.0. The van der Waals surface area contributed by atoms with E-state index >= 15 is 0 Å². The number of nitrogens with zero attached hydrogens (tertiary/aromatic N) is 3. The fourth-order valence-electron chi connectivity index (χ4n) is 3.36. The highest BCUT2D eigenvalue weighted by Gasteiger charge is 2.20. The van der Waals surface area contributed by atoms with Gasteiger partial charge >= 0.3 is 0 Å². The lowest BCUT2D eigenvalue weighted by Crippen LogP contribution is -2.29. The summed E-state index contributed by atoms with van der Waals surface area (Å²) in [4.78, 5) is 35.3. The lowest BCUT2D eigenvalue weighted by atomic mass is 10.1. The lowest BCUT2D eigenvalue weighted by Gasteiger charge is -2.10. The van der Waals surface area contributed by atoms with Crippen molar-refractivity contribution in [3.8, 4) is 5.69 Å². The minimum Gasteiger partial charge on any atom is -0.365 e. The number of rotatable bonds is 3. The van der Waals surface area contributed by atoms with E-state index in [1.54, 1.807) is 0 Å². The van der Waals surface area contributed by atoms with Crippen LogP contribution in [0.25, 0.3) is 27.6 Å². The highest BCUT2D eigenvalue weighted by molar-refractivity contribution is 6.08. The molecule has 0 aliphatic rings. The van der Waals surface area contributed by atoms with Crippen LogP contribution in [0.3, 0.4) is 0 Å². The fourth-order valence-corrected chi connectivity index (χ4v) is 3.36. The molecule has 2 aromatic heterocycles. The second kappa shape index (κ2) is 5.80. The largest absolute Gasteiger partial charge is 0.365 e. The van der Waals surface area contributed by atoms with Crippen LogP contribution in [0.4, 0.5) is 5.69 Å². The SMILES string of the molecule is Cn1c2ccccc2c2c1cc(C(N)=O)c(=O)n2-c1ccc([N+](=O)[O-])cc1. The van der Waals surface area contributed by atoms with Gasteiger partial charge in [0.1, 0.15) is 5.56 Å². The number of hydrogen-bond acceptors (Lipinski definition) is 4. The van der Waals surface area contributed by atoms with E-state index in [0.717, 1.165) is 10.9 Å². The quantitative estimate of drug-likeness (QED) is 0.445. The van der Waals surface area contributed by atoms with Gasteiger partial charge < -0.3 is 10.3 Å². The summed E-state index contributed by atoms with van der Waals surface area (Å²) in [5.74, 6) is -0.831. The van der Waals surface area contributed by atoms with Crippen LogP contribution in [-0.4, -0.2) is 20.0 Å². The maximum absolute atomic E-state index is 13.0. The Morgan fingerprint density at radius 1 is 1.07 bits per heavy atom. The minimum atomic E-state index is -0.831. The van der Waals surface area contributed by atoms with Crippen LogP contribution in [-0.2, 0) is 7.05 Å². The number of non-ortho nitro benzene ring substituents is 1. The predicted molar refractivity (Wildman–Crippen MR) is 101 cm³/mol. The second-order valence-electron chi connectivity index (χ2n) is 6.15. The molecule has 0 fully saturated rings. The van der Waals surface area contributed by atoms with E-state index in [0.29, 0.717) is 16.7 Å². The second-order valence-corrected chi connectivity index (χ2v) is 6.15. The molecule has 0 aliphatic heterocycles. The Kier molecular flexibility index (Phi) is 3.55. The Morgan fingerprint density at radius 3 is 2.37 bits per heavy atom. The highest BCUT2D eigenvalue weighted by atomic mass is 16.6. The van der Waals surface area contributed by atoms with Crippen LogP contribution < -0.4 is 11.3 Å². The third-order valence-electron chi connectivity index (χ3n) is 4.65. The molecule has 2 heterocycles. The van der Waals surface area contributed by atoms with Crippen LogP contribution in [0, 0.1) is 10.1 Å². The van der Waals surface area contributed by atoms with Crippen molar-refractivity contribution in [3.05, 3.63) is 80.6 Å². The minimum absolute atomic E-state index is 0.0907. The molecule has 27 heavy (non-hydrogen) atoms. The van der Waals surface area contributed by atoms with Gasteiger partial charge in [-0.05, 0) is 24.3 Å². The molecular weight excluding hydrogens is 348 g/mol. The number of amides is 1. The number of pyridine rings is 1. The zero-order chi connectivity index (χ0) is 19.3. The normalized spacial score (nSPS) is 11.1. The van der Waals surface area contributed by atoms with Crippen molar-refractivity contribution in [3.63, 3.8) is 0 Å². The Bertz CT molecular complexity index is 1300. The summed E-state index contributed by atoms with van der Waals surface area (Å²) in [5.41, 5.74) is 7.16. The van der Waals surface area contributed by atoms with Crippen LogP contribution in [0.15, 0.2) is 59.4 Å². The number of benzene rings is 2. The van der Waals surface area contributed by atoms with Gasteiger partial charge in [-0.3, -0.25) is 24.3 Å². The molecule has 1 amide bonds. The maximum Gasteiger partial charge on any atom is 0.269 e. The molecule has 4 aromatic rings. The molecule has 0 bridgehead atoms. The molecular formula is C19H14N4O4. The van der Waals surface area contributed by atoms with Gasteiger partial charge in [0.05, 0.1) is 21.5 Å². The number of nitro benzene ring substituents is 1. The van der Waals surface area contributed by atoms with Crippen LogP contribution in [0.2, 0.25) is 0 Å². The number of aryl methyl sites for hydroxylation is 1. The summed E-state index contributed by atoms with van der Waals surface area (Å²) >= 11 is 0. The van der Waals surface area contributed by atoms with E-state index < -0.39 is 16.4 Å². The summed E-state index contributed by atoms with van der Waals surface area (Å²) in [7, 11) is 1.83. The smallest absolute Gasteiger partial charge is 0.269 e. The molecule has 0 unspecified atom stereocenters. The first-order chi connectivity index (χ1) is 12.9. The molecule has 0 saturated heterocycles. The molecule has 0 spiro atoms. The van der Waals surface area contributed by atoms with Crippen molar-refractivity contribution in [1.29, 1.82) is 0 Å². The topological polar surface area (TPSA) is 113 Å². The van der Waals surface area contributed by atoms with E-state index in [9.17, 15) is 19.7 Å². The highest BCUT2D eigenvalue weighted by Crippen LogP contribution is 2.29. The van der Waals surface area contributed by atoms with E-state index in [4.69, 9.17) is 5.73 Å². The molecule has 0 radical (unpaired) electrons. The van der Waals surface area contributed by atoms with Crippen molar-refractivity contribution in [2.24, 2.45) is 12.8 Å². The van der Waals surface area contributed by atoms with Crippen molar-refractivity contribution < 1.29 is 9.72 Å². The van der Waals surface area contributed by atoms with Gasteiger partial charge in [-0.15, -0.1) is 0 Å². The molecule has 0 aliphatic carbocycles. The number of hydrogen-bond donors (Lipinski definition) is 1. The standard InChI is InChI=1S/C19H14N4O4/c1-21-15-5-3-2-4-13(15)17-16(21)10-14(18(20)24)19(25)22(17)11-6-8-12(9-7-11)23(26)27/h2-10H,1H3,(H2,20,24). The van der Waals surface area contributed by atoms with Crippen LogP contribution in [0.1, 0.15) is 10.4 Å². The van der Waals surface area contributed by atoms with Gasteiger partial charge in [0.15, 0.2) is 0 Å². The van der Waals surface area contributed by atoms with Crippen molar-refractivity contribution in [1.82, 2.24) is 9.13 Å². The average Bonchev–Trinajstić information content (AvgIpc) is 2.94. The fraction of sp³-hybridized carbons (Fsp3) is 0.0526. The van der Waals surface area contributed by atoms with Gasteiger partial charge in [-0.2, -0.15) is 0 Å². The average molecular weight is 362 g/mol. The molecule has 0 saturated carbocycles. The number of nitro groups is 1. The van der Waals surface area contributed by atoms with Gasteiger partial charge in [0, 0.05) is 30.3 Å². The molecule has 4 rings (SSSR count). The molecule has 134 valence electrons. The molecule has 8 nitrogen and oxygen atoms in total. The van der Waals surface area contributed by atoms with E-state index in [-0.39, 0.29) is 11.3 Å². The van der Waals surface area contributed by atoms with Crippen molar-refractivity contribution in [2.75, 3.05) is 0 Å². The number of fused-ring (bicyclic) bond motifs is 3. The molecule has 8 heteroatoms. The Hall–Kier alpha value is -3.94. The zero-order valence-electron chi connectivity index (χ0n) is 14.2. The zero-order valence-corrected chi connectivity index (χ0v) is 14.2. The van der Waals surface area contributed by atoms with Gasteiger partial charge in [-0.25, -0.2) is 0 Å². The number of para-hydroxylation sites is 1. The summed E-state index contributed by atoms with van der Waals surface area (Å²) in [6, 6.07) is 14.6. The summed E-state index contributed by atoms with van der Waals surface area (Å²) in [6.45, 7) is 0. The number of nitrogens with two attached hydrogens (primary N) is 1. The predicted octanol–water partition coefficient (Wildman–Crippen LogP) is 2.49. The summed E-state index contributed by atoms with van der Waals surface area (Å²) in [5, 5.41) is 11.7. The summed E-state index contributed by atoms with van der Waals surface area (Å²) in [6.07, 6.45) is 0. The third-order valence-corrected chi connectivity index (χ3v) is 4.65. The molecule has 2 aromatic carbocycles. The monoisotopic (exact) mass is 362 g/mol. The number of carbonyl (C=O) groups is 1. The van der Waals surface area contributed by atoms with E-state index in [2.05, 4.69) is 0 Å². The van der Waals surface area contributed by atoms with Crippen LogP contribution >= 0.6 is 0 Å². The Morgan fingerprint density at radius 2 is 1.74 bits per heavy atom. The summed E-state index contributed by atoms with van der Waals surface area (Å²) < 4.78 is 3.25. The number of primary amides is 1. The Labute approximate surface area is 152 Å². The van der Waals surface area contributed by atoms with E-state index in [1.165, 1.54) is 34.9 Å². The van der Waals surface area contributed by atoms with Crippen LogP contribution in [0.5, 0.6) is 0 Å². The lowest BCUT2D eigenvalue weighted by molar-refractivity contribution is -0.384. The first-order valence-electron chi connectivity index (χ1n) is 8.08. The number of aromatic nitrogens is 2. The first-order valence-corrected chi connectivity index (χ1v) is 8.08. The number of carbonyl (C=O) groups excluding carboxylic acids is 1. The molecule has 0 atom stereocenters. The van der Waals surface area contributed by atoms with Gasteiger partial charge in [0.25, 0.3) is 17.2 Å².